The monoisotopic (exact) mass is 504 g/mol. The molecule has 0 saturated carbocycles. The van der Waals surface area contributed by atoms with Gasteiger partial charge in [0.2, 0.25) is 0 Å². The number of ether oxygens (including phenoxy) is 4. The first-order chi connectivity index (χ1) is 16.2. The van der Waals surface area contributed by atoms with Gasteiger partial charge in [0.15, 0.2) is 0 Å². The van der Waals surface area contributed by atoms with Gasteiger partial charge in [0.1, 0.15) is 19.3 Å². The number of nitrogens with zero attached hydrogens (tertiary/aromatic N) is 2. The summed E-state index contributed by atoms with van der Waals surface area (Å²) < 4.78 is 19.6. The Balaban J connectivity index is 3.75. The lowest BCUT2D eigenvalue weighted by Gasteiger charge is -2.15. The van der Waals surface area contributed by atoms with Gasteiger partial charge in [-0.15, -0.1) is 0 Å². The highest BCUT2D eigenvalue weighted by Gasteiger charge is 2.20. The zero-order valence-electron chi connectivity index (χ0n) is 18.4. The number of nitrogens with one attached hydrogen (secondary N) is 2. The Morgan fingerprint density at radius 3 is 1.71 bits per heavy atom. The van der Waals surface area contributed by atoms with Crippen molar-refractivity contribution < 1.29 is 68.9 Å². The van der Waals surface area contributed by atoms with Crippen LogP contribution in [0.5, 0.6) is 0 Å². The van der Waals surface area contributed by atoms with Crippen molar-refractivity contribution >= 4 is 18.2 Å². The number of carbonyl (C=O) groups is 3. The van der Waals surface area contributed by atoms with E-state index in [1.807, 2.05) is 0 Å². The van der Waals surface area contributed by atoms with Gasteiger partial charge in [-0.2, -0.15) is 0 Å². The molecule has 0 bridgehead atoms. The summed E-state index contributed by atoms with van der Waals surface area (Å²) in [6.07, 6.45) is -0.722. The van der Waals surface area contributed by atoms with Crippen LogP contribution in [0.2, 0.25) is 0 Å². The quantitative estimate of drug-likeness (QED) is 0.0741. The van der Waals surface area contributed by atoms with Gasteiger partial charge in [0.05, 0.1) is 50.4 Å². The van der Waals surface area contributed by atoms with Gasteiger partial charge in [-0.25, -0.2) is 24.1 Å². The lowest BCUT2D eigenvalue weighted by molar-refractivity contribution is -0.493. The molecule has 1 atom stereocenters. The van der Waals surface area contributed by atoms with E-state index in [0.717, 1.165) is 0 Å². The molecule has 200 valence electrons. The van der Waals surface area contributed by atoms with Crippen LogP contribution in [0.25, 0.3) is 0 Å². The minimum Gasteiger partial charge on any atom is -0.480 e. The summed E-state index contributed by atoms with van der Waals surface area (Å²) in [4.78, 5) is 42.9. The number of carboxylic acids is 1. The predicted molar refractivity (Wildman–Crippen MR) is 103 cm³/mol. The Morgan fingerprint density at radius 1 is 0.706 bits per heavy atom. The number of aliphatic carboxylic acids is 1. The van der Waals surface area contributed by atoms with Crippen LogP contribution in [0.4, 0.5) is 9.59 Å². The third kappa shape index (κ3) is 21.5. The Morgan fingerprint density at radius 2 is 1.21 bits per heavy atom. The van der Waals surface area contributed by atoms with Crippen LogP contribution in [0.15, 0.2) is 0 Å². The Labute approximate surface area is 194 Å². The van der Waals surface area contributed by atoms with E-state index in [-0.39, 0.29) is 65.8 Å². The number of rotatable bonds is 21. The molecule has 0 rings (SSSR count). The van der Waals surface area contributed by atoms with Crippen LogP contribution in [-0.4, -0.2) is 120 Å². The molecule has 0 aliphatic rings. The molecule has 18 heteroatoms. The second kappa shape index (κ2) is 21.2. The van der Waals surface area contributed by atoms with Crippen LogP contribution in [0.3, 0.4) is 0 Å². The van der Waals surface area contributed by atoms with E-state index < -0.39 is 35.0 Å². The molecule has 0 saturated heterocycles. The van der Waals surface area contributed by atoms with Crippen molar-refractivity contribution in [2.24, 2.45) is 0 Å². The first-order valence-corrected chi connectivity index (χ1v) is 10.1. The predicted octanol–water partition coefficient (Wildman–Crippen LogP) is -0.880. The van der Waals surface area contributed by atoms with Gasteiger partial charge in [-0.1, -0.05) is 0 Å². The maximum Gasteiger partial charge on any atom is 0.407 e. The summed E-state index contributed by atoms with van der Waals surface area (Å²) in [5.41, 5.74) is 0. The summed E-state index contributed by atoms with van der Waals surface area (Å²) in [6, 6.07) is -1.18. The molecule has 1 unspecified atom stereocenters. The van der Waals surface area contributed by atoms with Crippen molar-refractivity contribution in [2.45, 2.75) is 25.3 Å². The fraction of sp³-hybridized carbons (Fsp3) is 0.812. The zero-order valence-corrected chi connectivity index (χ0v) is 18.4. The van der Waals surface area contributed by atoms with Crippen LogP contribution in [0.1, 0.15) is 19.3 Å². The molecule has 0 aliphatic heterocycles. The fourth-order valence-corrected chi connectivity index (χ4v) is 2.10. The van der Waals surface area contributed by atoms with Gasteiger partial charge in [-0.05, 0) is 19.3 Å². The second-order valence-electron chi connectivity index (χ2n) is 6.13. The van der Waals surface area contributed by atoms with Crippen LogP contribution < -0.4 is 10.6 Å². The van der Waals surface area contributed by atoms with E-state index in [1.54, 1.807) is 0 Å². The number of hydrogen-bond acceptors (Lipinski definition) is 15. The lowest BCUT2D eigenvalue weighted by atomic mass is 10.1. The molecule has 0 heterocycles. The van der Waals surface area contributed by atoms with Crippen molar-refractivity contribution in [3.05, 3.63) is 0 Å². The van der Waals surface area contributed by atoms with E-state index in [2.05, 4.69) is 20.3 Å². The summed E-state index contributed by atoms with van der Waals surface area (Å²) in [5.74, 6) is -1.24. The molecule has 7 N–H and O–H groups in total. The molecule has 0 spiro atoms. The first kappa shape index (κ1) is 31.6. The van der Waals surface area contributed by atoms with Crippen LogP contribution in [0, 0.1) is 0 Å². The Bertz CT molecular complexity index is 554. The van der Waals surface area contributed by atoms with E-state index >= 15 is 0 Å². The molecule has 18 nitrogen and oxygen atoms in total. The largest absolute Gasteiger partial charge is 0.480 e. The number of unbranched alkanes of at least 4 members (excludes halogenated alkanes) is 1. The average Bonchev–Trinajstić information content (AvgIpc) is 2.76. The SMILES string of the molecule is O=C(NCCCCC(NC(=O)OCCOCCON(O)O)C(=O)O)OCCOCCON(O)O. The summed E-state index contributed by atoms with van der Waals surface area (Å²) in [5, 5.41) is 46.1. The molecule has 34 heavy (non-hydrogen) atoms. The highest BCUT2D eigenvalue weighted by Crippen LogP contribution is 2.02. The standard InChI is InChI=1S/C16H32N4O14/c21-14(22)13(18-16(24)32-10-6-30-8-12-34-20(27)28)3-1-2-4-17-15(23)31-9-5-29-7-11-33-19(25)26/h13,25-28H,1-12H2,(H,17,23)(H,18,24)(H,21,22). The molecule has 0 aliphatic carbocycles. The highest BCUT2D eigenvalue weighted by atomic mass is 17.1. The minimum atomic E-state index is -1.24. The summed E-state index contributed by atoms with van der Waals surface area (Å²) >= 11 is 0. The molecule has 0 fully saturated rings. The van der Waals surface area contributed by atoms with Gasteiger partial charge < -0.3 is 34.7 Å². The summed E-state index contributed by atoms with van der Waals surface area (Å²) in [7, 11) is 0. The molecule has 2 amide bonds. The van der Waals surface area contributed by atoms with Crippen LogP contribution >= 0.6 is 0 Å². The third-order valence-corrected chi connectivity index (χ3v) is 3.57. The van der Waals surface area contributed by atoms with Gasteiger partial charge >= 0.3 is 18.2 Å². The number of amides is 2. The summed E-state index contributed by atoms with van der Waals surface area (Å²) in [6.45, 7) is -0.118. The van der Waals surface area contributed by atoms with Crippen molar-refractivity contribution in [1.82, 2.24) is 21.4 Å². The number of carboxylic acid groups (broad SMARTS) is 1. The lowest BCUT2D eigenvalue weighted by Crippen LogP contribution is -2.41. The molecule has 0 radical (unpaired) electrons. The van der Waals surface area contributed by atoms with E-state index in [4.69, 9.17) is 39.8 Å². The Hall–Kier alpha value is -2.39. The minimum absolute atomic E-state index is 0.000937. The Kier molecular flexibility index (Phi) is 19.7. The average molecular weight is 504 g/mol. The van der Waals surface area contributed by atoms with Gasteiger partial charge in [0, 0.05) is 6.54 Å². The molecule has 0 aromatic carbocycles. The van der Waals surface area contributed by atoms with Crippen molar-refractivity contribution in [3.8, 4) is 0 Å². The van der Waals surface area contributed by atoms with Gasteiger partial charge in [0.25, 0.3) is 0 Å². The normalized spacial score (nSPS) is 11.9. The zero-order chi connectivity index (χ0) is 25.6. The molecule has 0 aromatic heterocycles. The fourth-order valence-electron chi connectivity index (χ4n) is 2.10. The smallest absolute Gasteiger partial charge is 0.407 e. The van der Waals surface area contributed by atoms with Gasteiger partial charge in [-0.3, -0.25) is 20.8 Å². The third-order valence-electron chi connectivity index (χ3n) is 3.57. The maximum atomic E-state index is 11.7. The van der Waals surface area contributed by atoms with E-state index in [0.29, 0.717) is 12.8 Å². The maximum absolute atomic E-state index is 11.7. The van der Waals surface area contributed by atoms with Crippen LogP contribution in [-0.2, 0) is 33.4 Å². The molecule has 0 aromatic rings. The number of hydrogen-bond donors (Lipinski definition) is 7. The first-order valence-electron chi connectivity index (χ1n) is 10.1. The van der Waals surface area contributed by atoms with E-state index in [1.165, 1.54) is 0 Å². The molecular formula is C16H32N4O14. The number of alkyl carbamates (subject to hydrolysis) is 2. The topological polar surface area (TPSA) is 238 Å². The number of carbonyl (C=O) groups excluding carboxylic acids is 2. The molecular weight excluding hydrogens is 472 g/mol. The van der Waals surface area contributed by atoms with Crippen molar-refractivity contribution in [2.75, 3.05) is 59.4 Å². The van der Waals surface area contributed by atoms with Crippen molar-refractivity contribution in [3.63, 3.8) is 0 Å². The highest BCUT2D eigenvalue weighted by molar-refractivity contribution is 5.79. The van der Waals surface area contributed by atoms with Crippen molar-refractivity contribution in [1.29, 1.82) is 0 Å². The van der Waals surface area contributed by atoms with E-state index in [9.17, 15) is 19.5 Å². The second-order valence-corrected chi connectivity index (χ2v) is 6.13.